The van der Waals surface area contributed by atoms with Gasteiger partial charge in [-0.25, -0.2) is 4.39 Å². The summed E-state index contributed by atoms with van der Waals surface area (Å²) in [4.78, 5) is 1.03. The number of hydrogen-bond donors (Lipinski definition) is 1. The molecule has 2 aromatic rings. The third-order valence-electron chi connectivity index (χ3n) is 2.10. The van der Waals surface area contributed by atoms with Crippen LogP contribution in [0.4, 0.5) is 10.1 Å². The molecular weight excluding hydrogens is 373 g/mol. The average Bonchev–Trinajstić information content (AvgIpc) is 2.68. The van der Waals surface area contributed by atoms with E-state index < -0.39 is 0 Å². The number of halogens is 3. The lowest BCUT2D eigenvalue weighted by Crippen LogP contribution is -1.99. The first kappa shape index (κ1) is 12.9. The lowest BCUT2D eigenvalue weighted by molar-refractivity contribution is 0.309. The van der Waals surface area contributed by atoms with Crippen LogP contribution in [-0.4, -0.2) is 0 Å². The molecular formula is C11H8Br2FNOS. The van der Waals surface area contributed by atoms with Crippen LogP contribution in [0.3, 0.4) is 0 Å². The summed E-state index contributed by atoms with van der Waals surface area (Å²) in [6, 6.07) is 4.71. The number of benzene rings is 1. The molecule has 0 bridgehead atoms. The van der Waals surface area contributed by atoms with Gasteiger partial charge in [-0.1, -0.05) is 0 Å². The van der Waals surface area contributed by atoms with Gasteiger partial charge in [0.2, 0.25) is 0 Å². The standard InChI is InChI=1S/C11H8Br2FNOS/c12-6-1-2-17-11(6)5-16-10-4-8(14)7(13)3-9(10)15/h1-4H,5,15H2. The van der Waals surface area contributed by atoms with E-state index in [4.69, 9.17) is 10.5 Å². The zero-order valence-corrected chi connectivity index (χ0v) is 12.5. The summed E-state index contributed by atoms with van der Waals surface area (Å²) in [5, 5.41) is 1.95. The lowest BCUT2D eigenvalue weighted by Gasteiger charge is -2.09. The van der Waals surface area contributed by atoms with Crippen molar-refractivity contribution in [2.45, 2.75) is 6.61 Å². The van der Waals surface area contributed by atoms with Gasteiger partial charge >= 0.3 is 0 Å². The molecule has 2 N–H and O–H groups in total. The molecule has 1 aromatic carbocycles. The molecule has 0 saturated carbocycles. The highest BCUT2D eigenvalue weighted by Gasteiger charge is 2.08. The molecule has 0 fully saturated rings. The Kier molecular flexibility index (Phi) is 4.06. The van der Waals surface area contributed by atoms with Gasteiger partial charge in [-0.2, -0.15) is 0 Å². The zero-order valence-electron chi connectivity index (χ0n) is 8.54. The molecule has 1 heterocycles. The summed E-state index contributed by atoms with van der Waals surface area (Å²) < 4.78 is 20.1. The number of rotatable bonds is 3. The van der Waals surface area contributed by atoms with Crippen LogP contribution in [0.2, 0.25) is 0 Å². The topological polar surface area (TPSA) is 35.2 Å². The lowest BCUT2D eigenvalue weighted by atomic mass is 10.3. The maximum absolute atomic E-state index is 13.3. The Morgan fingerprint density at radius 1 is 1.29 bits per heavy atom. The monoisotopic (exact) mass is 379 g/mol. The Bertz CT molecular complexity index is 544. The summed E-state index contributed by atoms with van der Waals surface area (Å²) >= 11 is 8.03. The minimum absolute atomic E-state index is 0.333. The fourth-order valence-corrected chi connectivity index (χ4v) is 2.98. The van der Waals surface area contributed by atoms with Crippen LogP contribution in [0.5, 0.6) is 5.75 Å². The van der Waals surface area contributed by atoms with Gasteiger partial charge < -0.3 is 10.5 Å². The van der Waals surface area contributed by atoms with Crippen molar-refractivity contribution in [3.05, 3.63) is 43.2 Å². The van der Waals surface area contributed by atoms with Crippen LogP contribution >= 0.6 is 43.2 Å². The number of hydrogen-bond acceptors (Lipinski definition) is 3. The van der Waals surface area contributed by atoms with Gasteiger partial charge in [0, 0.05) is 10.5 Å². The third kappa shape index (κ3) is 3.00. The normalized spacial score (nSPS) is 10.5. The maximum Gasteiger partial charge on any atom is 0.145 e. The molecule has 0 amide bonds. The van der Waals surface area contributed by atoms with E-state index in [9.17, 15) is 4.39 Å². The van der Waals surface area contributed by atoms with E-state index >= 15 is 0 Å². The van der Waals surface area contributed by atoms with Crippen molar-refractivity contribution in [1.82, 2.24) is 0 Å². The van der Waals surface area contributed by atoms with Crippen LogP contribution in [-0.2, 0) is 6.61 Å². The van der Waals surface area contributed by atoms with Crippen LogP contribution in [0, 0.1) is 5.82 Å². The van der Waals surface area contributed by atoms with E-state index in [2.05, 4.69) is 31.9 Å². The maximum atomic E-state index is 13.3. The molecule has 6 heteroatoms. The van der Waals surface area contributed by atoms with Crippen molar-refractivity contribution < 1.29 is 9.13 Å². The number of nitrogen functional groups attached to an aromatic ring is 1. The van der Waals surface area contributed by atoms with E-state index in [1.165, 1.54) is 12.1 Å². The summed E-state index contributed by atoms with van der Waals surface area (Å²) in [7, 11) is 0. The molecule has 17 heavy (non-hydrogen) atoms. The van der Waals surface area contributed by atoms with Gasteiger partial charge in [-0.15, -0.1) is 11.3 Å². The van der Waals surface area contributed by atoms with E-state index in [0.29, 0.717) is 22.5 Å². The van der Waals surface area contributed by atoms with Gasteiger partial charge in [0.05, 0.1) is 15.0 Å². The fraction of sp³-hybridized carbons (Fsp3) is 0.0909. The molecule has 0 unspecified atom stereocenters. The van der Waals surface area contributed by atoms with Crippen molar-refractivity contribution >= 4 is 48.9 Å². The number of thiophene rings is 1. The Balaban J connectivity index is 2.14. The largest absolute Gasteiger partial charge is 0.486 e. The van der Waals surface area contributed by atoms with Crippen molar-refractivity contribution in [2.24, 2.45) is 0 Å². The smallest absolute Gasteiger partial charge is 0.145 e. The highest BCUT2D eigenvalue weighted by Crippen LogP contribution is 2.30. The SMILES string of the molecule is Nc1cc(Br)c(F)cc1OCc1sccc1Br. The summed E-state index contributed by atoms with van der Waals surface area (Å²) in [5.74, 6) is -0.0366. The second-order valence-electron chi connectivity index (χ2n) is 3.28. The average molecular weight is 381 g/mol. The van der Waals surface area contributed by atoms with Crippen molar-refractivity contribution in [3.63, 3.8) is 0 Å². The highest BCUT2D eigenvalue weighted by molar-refractivity contribution is 9.10. The van der Waals surface area contributed by atoms with Gasteiger partial charge in [0.25, 0.3) is 0 Å². The molecule has 0 aliphatic carbocycles. The molecule has 0 saturated heterocycles. The first-order valence-electron chi connectivity index (χ1n) is 4.67. The van der Waals surface area contributed by atoms with E-state index in [-0.39, 0.29) is 5.82 Å². The van der Waals surface area contributed by atoms with Crippen molar-refractivity contribution in [3.8, 4) is 5.75 Å². The minimum Gasteiger partial charge on any atom is -0.486 e. The number of anilines is 1. The fourth-order valence-electron chi connectivity index (χ4n) is 1.24. The van der Waals surface area contributed by atoms with Crippen LogP contribution in [0.1, 0.15) is 4.88 Å². The van der Waals surface area contributed by atoms with Crippen molar-refractivity contribution in [2.75, 3.05) is 5.73 Å². The van der Waals surface area contributed by atoms with Crippen LogP contribution in [0.15, 0.2) is 32.5 Å². The molecule has 2 nitrogen and oxygen atoms in total. The molecule has 90 valence electrons. The quantitative estimate of drug-likeness (QED) is 0.791. The Labute approximate surface area is 119 Å². The second kappa shape index (κ2) is 5.37. The molecule has 0 spiro atoms. The predicted octanol–water partition coefficient (Wildman–Crippen LogP) is 4.57. The second-order valence-corrected chi connectivity index (χ2v) is 5.99. The first-order valence-corrected chi connectivity index (χ1v) is 7.13. The number of ether oxygens (including phenoxy) is 1. The number of nitrogens with two attached hydrogens (primary N) is 1. The Morgan fingerprint density at radius 2 is 2.06 bits per heavy atom. The molecule has 0 aliphatic heterocycles. The molecule has 2 rings (SSSR count). The van der Waals surface area contributed by atoms with E-state index in [1.807, 2.05) is 11.4 Å². The third-order valence-corrected chi connectivity index (χ3v) is 4.61. The van der Waals surface area contributed by atoms with Crippen LogP contribution < -0.4 is 10.5 Å². The molecule has 1 aromatic heterocycles. The summed E-state index contributed by atoms with van der Waals surface area (Å²) in [5.41, 5.74) is 6.15. The van der Waals surface area contributed by atoms with Crippen LogP contribution in [0.25, 0.3) is 0 Å². The van der Waals surface area contributed by atoms with Gasteiger partial charge in [-0.05, 0) is 49.4 Å². The van der Waals surface area contributed by atoms with E-state index in [1.54, 1.807) is 11.3 Å². The molecule has 0 radical (unpaired) electrons. The highest BCUT2D eigenvalue weighted by atomic mass is 79.9. The predicted molar refractivity (Wildman–Crippen MR) is 74.9 cm³/mol. The van der Waals surface area contributed by atoms with Gasteiger partial charge in [0.1, 0.15) is 18.2 Å². The molecule has 0 atom stereocenters. The van der Waals surface area contributed by atoms with E-state index in [0.717, 1.165) is 9.35 Å². The summed E-state index contributed by atoms with van der Waals surface area (Å²) in [6.45, 7) is 0.365. The minimum atomic E-state index is -0.389. The Morgan fingerprint density at radius 3 is 2.71 bits per heavy atom. The summed E-state index contributed by atoms with van der Waals surface area (Å²) in [6.07, 6.45) is 0. The van der Waals surface area contributed by atoms with Gasteiger partial charge in [0.15, 0.2) is 0 Å². The molecule has 0 aliphatic rings. The van der Waals surface area contributed by atoms with Gasteiger partial charge in [-0.3, -0.25) is 0 Å². The first-order chi connectivity index (χ1) is 8.08. The zero-order chi connectivity index (χ0) is 12.4. The van der Waals surface area contributed by atoms with Crippen molar-refractivity contribution in [1.29, 1.82) is 0 Å². The Hall–Kier alpha value is -0.590.